The molecule has 0 unspecified atom stereocenters. The van der Waals surface area contributed by atoms with Crippen LogP contribution in [0.5, 0.6) is 11.5 Å². The Labute approximate surface area is 206 Å². The van der Waals surface area contributed by atoms with Gasteiger partial charge < -0.3 is 20.5 Å². The van der Waals surface area contributed by atoms with Gasteiger partial charge in [-0.2, -0.15) is 0 Å². The molecule has 2 fully saturated rings. The molecule has 0 spiro atoms. The second-order valence-corrected chi connectivity index (χ2v) is 9.40. The Morgan fingerprint density at radius 1 is 0.944 bits per heavy atom. The fourth-order valence-electron chi connectivity index (χ4n) is 4.81. The lowest BCUT2D eigenvalue weighted by Gasteiger charge is -2.32. The van der Waals surface area contributed by atoms with Gasteiger partial charge in [0.2, 0.25) is 5.95 Å². The molecule has 1 aromatic carbocycles. The first-order valence-electron chi connectivity index (χ1n) is 12.0. The Hall–Kier alpha value is -3.47. The summed E-state index contributed by atoms with van der Waals surface area (Å²) < 4.78 is 41.5. The van der Waals surface area contributed by atoms with Gasteiger partial charge in [-0.3, -0.25) is 4.98 Å². The third-order valence-corrected chi connectivity index (χ3v) is 6.60. The van der Waals surface area contributed by atoms with Crippen molar-refractivity contribution in [1.82, 2.24) is 20.2 Å². The lowest BCUT2D eigenvalue weighted by atomic mass is 10.0. The Balaban J connectivity index is 1.36. The molecule has 0 radical (unpaired) electrons. The van der Waals surface area contributed by atoms with E-state index in [0.717, 1.165) is 51.1 Å². The third-order valence-electron chi connectivity index (χ3n) is 6.60. The molecule has 2 aliphatic rings. The van der Waals surface area contributed by atoms with Gasteiger partial charge in [0.25, 0.3) is 0 Å². The van der Waals surface area contributed by atoms with Crippen LogP contribution in [0.1, 0.15) is 44.9 Å². The number of anilines is 1. The van der Waals surface area contributed by atoms with Gasteiger partial charge in [-0.1, -0.05) is 18.9 Å². The summed E-state index contributed by atoms with van der Waals surface area (Å²) in [5.41, 5.74) is 7.93. The zero-order valence-corrected chi connectivity index (χ0v) is 19.5. The van der Waals surface area contributed by atoms with E-state index in [1.165, 1.54) is 18.3 Å². The average Bonchev–Trinajstić information content (AvgIpc) is 3.68. The molecule has 36 heavy (non-hydrogen) atoms. The predicted molar refractivity (Wildman–Crippen MR) is 127 cm³/mol. The van der Waals surface area contributed by atoms with Gasteiger partial charge in [0.15, 0.2) is 0 Å². The van der Waals surface area contributed by atoms with Crippen LogP contribution < -0.4 is 15.4 Å². The van der Waals surface area contributed by atoms with Gasteiger partial charge in [-0.05, 0) is 55.9 Å². The fraction of sp³-hybridized carbons (Fsp3) is 0.440. The van der Waals surface area contributed by atoms with E-state index >= 15 is 0 Å². The van der Waals surface area contributed by atoms with Crippen LogP contribution in [0.15, 0.2) is 42.9 Å². The summed E-state index contributed by atoms with van der Waals surface area (Å²) in [4.78, 5) is 10.7. The van der Waals surface area contributed by atoms with Crippen molar-refractivity contribution in [2.24, 2.45) is 5.73 Å². The Kier molecular flexibility index (Phi) is 6.65. The van der Waals surface area contributed by atoms with Crippen LogP contribution in [-0.4, -0.2) is 49.8 Å². The number of phenols is 1. The van der Waals surface area contributed by atoms with E-state index in [-0.39, 0.29) is 11.8 Å². The highest BCUT2D eigenvalue weighted by molar-refractivity contribution is 5.74. The number of hydrogen-bond donors (Lipinski definition) is 2. The van der Waals surface area contributed by atoms with Crippen LogP contribution in [0.3, 0.4) is 0 Å². The van der Waals surface area contributed by atoms with E-state index in [1.807, 2.05) is 0 Å². The molecule has 0 amide bonds. The van der Waals surface area contributed by atoms with Crippen molar-refractivity contribution in [3.05, 3.63) is 42.9 Å². The van der Waals surface area contributed by atoms with Crippen molar-refractivity contribution in [2.75, 3.05) is 4.90 Å². The molecular weight excluding hydrogens is 473 g/mol. The summed E-state index contributed by atoms with van der Waals surface area (Å²) in [6, 6.07) is 6.79. The van der Waals surface area contributed by atoms with E-state index in [2.05, 4.69) is 29.8 Å². The first kappa shape index (κ1) is 24.2. The smallest absolute Gasteiger partial charge is 0.507 e. The number of alkyl halides is 3. The third kappa shape index (κ3) is 5.67. The normalized spacial score (nSPS) is 20.6. The molecule has 2 aliphatic carbocycles. The molecule has 8 nitrogen and oxygen atoms in total. The maximum absolute atomic E-state index is 12.5. The summed E-state index contributed by atoms with van der Waals surface area (Å²) in [6.45, 7) is 0. The summed E-state index contributed by atoms with van der Waals surface area (Å²) >= 11 is 0. The van der Waals surface area contributed by atoms with Crippen molar-refractivity contribution >= 4 is 5.95 Å². The molecule has 11 heteroatoms. The van der Waals surface area contributed by atoms with Crippen LogP contribution in [-0.2, 0) is 0 Å². The monoisotopic (exact) mass is 500 g/mol. The fourth-order valence-corrected chi connectivity index (χ4v) is 4.81. The molecule has 2 heterocycles. The second kappa shape index (κ2) is 9.88. The number of ether oxygens (including phenoxy) is 1. The molecule has 3 aromatic rings. The van der Waals surface area contributed by atoms with Gasteiger partial charge >= 0.3 is 6.36 Å². The lowest BCUT2D eigenvalue weighted by molar-refractivity contribution is -0.274. The van der Waals surface area contributed by atoms with Crippen LogP contribution in [0.2, 0.25) is 0 Å². The molecule has 3 N–H and O–H groups in total. The van der Waals surface area contributed by atoms with Gasteiger partial charge in [0.1, 0.15) is 17.2 Å². The number of pyridine rings is 1. The minimum atomic E-state index is -4.82. The van der Waals surface area contributed by atoms with Crippen molar-refractivity contribution < 1.29 is 23.0 Å². The van der Waals surface area contributed by atoms with E-state index in [9.17, 15) is 18.3 Å². The highest BCUT2D eigenvalue weighted by Gasteiger charge is 2.37. The van der Waals surface area contributed by atoms with Crippen LogP contribution in [0, 0.1) is 0 Å². The van der Waals surface area contributed by atoms with Crippen molar-refractivity contribution in [3.8, 4) is 33.9 Å². The minimum Gasteiger partial charge on any atom is -0.507 e. The van der Waals surface area contributed by atoms with Crippen molar-refractivity contribution in [2.45, 2.75) is 69.4 Å². The average molecular weight is 501 g/mol. The van der Waals surface area contributed by atoms with Gasteiger partial charge in [0.05, 0.1) is 12.4 Å². The SMILES string of the molecule is N[C@H]1CCCC[C@H](N(c2ncc(-c3ccc(-c4cncc(OC(F)(F)F)c4)cc3O)nn2)C2CC2)C1. The van der Waals surface area contributed by atoms with Crippen LogP contribution in [0.25, 0.3) is 22.4 Å². The van der Waals surface area contributed by atoms with Crippen molar-refractivity contribution in [1.29, 1.82) is 0 Å². The molecule has 2 atom stereocenters. The molecule has 0 saturated heterocycles. The standard InChI is InChI=1S/C25H27F3N6O2/c26-25(27,28)36-20-9-16(12-30-13-20)15-5-8-21(23(35)10-15)22-14-31-24(33-32-22)34(18-6-7-18)19-4-2-1-3-17(29)11-19/h5,8-10,12-14,17-19,35H,1-4,6-7,11,29H2/t17-,19-/m0/s1. The van der Waals surface area contributed by atoms with Gasteiger partial charge in [-0.25, -0.2) is 4.98 Å². The highest BCUT2D eigenvalue weighted by Crippen LogP contribution is 2.37. The second-order valence-electron chi connectivity index (χ2n) is 9.40. The van der Waals surface area contributed by atoms with E-state index in [0.29, 0.717) is 40.4 Å². The Morgan fingerprint density at radius 2 is 1.75 bits per heavy atom. The highest BCUT2D eigenvalue weighted by atomic mass is 19.4. The van der Waals surface area contributed by atoms with E-state index in [1.54, 1.807) is 18.3 Å². The Morgan fingerprint density at radius 3 is 2.44 bits per heavy atom. The molecule has 0 aliphatic heterocycles. The van der Waals surface area contributed by atoms with Gasteiger partial charge in [0, 0.05) is 35.4 Å². The Bertz CT molecular complexity index is 1200. The number of nitrogens with two attached hydrogens (primary N) is 1. The zero-order chi connectivity index (χ0) is 25.3. The zero-order valence-electron chi connectivity index (χ0n) is 19.5. The van der Waals surface area contributed by atoms with E-state index in [4.69, 9.17) is 5.73 Å². The summed E-state index contributed by atoms with van der Waals surface area (Å²) in [6.07, 6.45) is 6.61. The number of halogens is 3. The number of rotatable bonds is 6. The lowest BCUT2D eigenvalue weighted by Crippen LogP contribution is -2.41. The molecule has 2 aromatic heterocycles. The number of nitrogens with zero attached hydrogens (tertiary/aromatic N) is 5. The van der Waals surface area contributed by atoms with Crippen LogP contribution >= 0.6 is 0 Å². The summed E-state index contributed by atoms with van der Waals surface area (Å²) in [5.74, 6) is 0.0281. The number of hydrogen-bond acceptors (Lipinski definition) is 8. The number of benzene rings is 1. The number of aromatic hydroxyl groups is 1. The molecule has 2 saturated carbocycles. The summed E-state index contributed by atoms with van der Waals surface area (Å²) in [7, 11) is 0. The number of aromatic nitrogens is 4. The molecule has 190 valence electrons. The predicted octanol–water partition coefficient (Wildman–Crippen LogP) is 4.83. The molecular formula is C25H27F3N6O2. The maximum atomic E-state index is 12.5. The largest absolute Gasteiger partial charge is 0.573 e. The minimum absolute atomic E-state index is 0.104. The van der Waals surface area contributed by atoms with E-state index < -0.39 is 12.1 Å². The first-order valence-corrected chi connectivity index (χ1v) is 12.0. The topological polar surface area (TPSA) is 110 Å². The first-order chi connectivity index (χ1) is 17.3. The number of phenolic OH excluding ortho intramolecular Hbond substituents is 1. The maximum Gasteiger partial charge on any atom is 0.573 e. The summed E-state index contributed by atoms with van der Waals surface area (Å²) in [5, 5.41) is 19.4. The van der Waals surface area contributed by atoms with Gasteiger partial charge in [-0.15, -0.1) is 23.4 Å². The molecule has 0 bridgehead atoms. The molecule has 5 rings (SSSR count). The quantitative estimate of drug-likeness (QED) is 0.463. The van der Waals surface area contributed by atoms with Crippen molar-refractivity contribution in [3.63, 3.8) is 0 Å². The van der Waals surface area contributed by atoms with Crippen LogP contribution in [0.4, 0.5) is 19.1 Å².